The Bertz CT molecular complexity index is 239. The van der Waals surface area contributed by atoms with Crippen LogP contribution in [0.3, 0.4) is 0 Å². The molecule has 1 unspecified atom stereocenters. The number of aliphatic hydroxyl groups is 2. The molecule has 1 saturated heterocycles. The molecule has 94 valence electrons. The van der Waals surface area contributed by atoms with Crippen molar-refractivity contribution in [1.29, 1.82) is 0 Å². The van der Waals surface area contributed by atoms with E-state index in [9.17, 15) is 15.0 Å². The summed E-state index contributed by atoms with van der Waals surface area (Å²) in [5, 5.41) is 21.3. The molecule has 0 aromatic carbocycles. The molecule has 1 atom stereocenters. The minimum Gasteiger partial charge on any atom is -0.394 e. The number of carbonyl (C=O) groups excluding carboxylic acids is 1. The number of nitrogens with one attached hydrogen (secondary N) is 1. The van der Waals surface area contributed by atoms with E-state index in [0.29, 0.717) is 6.42 Å². The molecule has 0 aliphatic carbocycles. The second kappa shape index (κ2) is 5.38. The van der Waals surface area contributed by atoms with Gasteiger partial charge in [0, 0.05) is 0 Å². The Balaban J connectivity index is 2.68. The van der Waals surface area contributed by atoms with E-state index < -0.39 is 10.3 Å². The van der Waals surface area contributed by atoms with Crippen LogP contribution in [0.1, 0.15) is 33.1 Å². The number of aliphatic hydroxyl groups excluding tert-OH is 2. The van der Waals surface area contributed by atoms with E-state index in [1.165, 1.54) is 0 Å². The lowest BCUT2D eigenvalue weighted by atomic mass is 9.96. The Labute approximate surface area is 101 Å². The molecule has 1 rings (SSSR count). The summed E-state index contributed by atoms with van der Waals surface area (Å²) in [6.45, 7) is 3.31. The monoisotopic (exact) mass is 247 g/mol. The minimum absolute atomic E-state index is 0.0695. The van der Waals surface area contributed by atoms with Gasteiger partial charge in [0.05, 0.1) is 23.5 Å². The topological polar surface area (TPSA) is 69.6 Å². The zero-order valence-corrected chi connectivity index (χ0v) is 10.8. The Morgan fingerprint density at radius 3 is 2.50 bits per heavy atom. The largest absolute Gasteiger partial charge is 0.394 e. The van der Waals surface area contributed by atoms with Crippen LogP contribution in [-0.4, -0.2) is 45.4 Å². The molecule has 0 spiro atoms. The highest BCUT2D eigenvalue weighted by Crippen LogP contribution is 2.38. The van der Waals surface area contributed by atoms with Crippen LogP contribution in [0, 0.1) is 0 Å². The highest BCUT2D eigenvalue weighted by atomic mass is 32.2. The van der Waals surface area contributed by atoms with Gasteiger partial charge in [0.2, 0.25) is 5.91 Å². The molecule has 4 nitrogen and oxygen atoms in total. The van der Waals surface area contributed by atoms with Crippen molar-refractivity contribution in [2.45, 2.75) is 43.4 Å². The van der Waals surface area contributed by atoms with E-state index in [1.54, 1.807) is 11.8 Å². The van der Waals surface area contributed by atoms with Gasteiger partial charge < -0.3 is 15.5 Å². The average molecular weight is 247 g/mol. The summed E-state index contributed by atoms with van der Waals surface area (Å²) in [7, 11) is 0. The fourth-order valence-electron chi connectivity index (χ4n) is 1.77. The molecular weight excluding hydrogens is 226 g/mol. The normalized spacial score (nSPS) is 25.8. The molecule has 0 aromatic heterocycles. The van der Waals surface area contributed by atoms with Crippen molar-refractivity contribution in [2.75, 3.05) is 19.0 Å². The quantitative estimate of drug-likeness (QED) is 0.662. The fourth-order valence-corrected chi connectivity index (χ4v) is 2.98. The average Bonchev–Trinajstić information content (AvgIpc) is 2.74. The predicted octanol–water partition coefficient (Wildman–Crippen LogP) is 0.522. The van der Waals surface area contributed by atoms with E-state index in [2.05, 4.69) is 5.32 Å². The van der Waals surface area contributed by atoms with Gasteiger partial charge >= 0.3 is 0 Å². The van der Waals surface area contributed by atoms with Crippen LogP contribution in [0.5, 0.6) is 0 Å². The van der Waals surface area contributed by atoms with E-state index in [1.807, 2.05) is 13.8 Å². The van der Waals surface area contributed by atoms with Crippen LogP contribution in [-0.2, 0) is 4.79 Å². The van der Waals surface area contributed by atoms with Crippen molar-refractivity contribution >= 4 is 17.7 Å². The third-order valence-electron chi connectivity index (χ3n) is 3.36. The van der Waals surface area contributed by atoms with E-state index in [0.717, 1.165) is 18.6 Å². The molecule has 0 radical (unpaired) electrons. The van der Waals surface area contributed by atoms with Crippen LogP contribution in [0.2, 0.25) is 0 Å². The van der Waals surface area contributed by atoms with Crippen molar-refractivity contribution in [3.63, 3.8) is 0 Å². The number of thioether (sulfide) groups is 1. The van der Waals surface area contributed by atoms with Crippen molar-refractivity contribution in [1.82, 2.24) is 5.32 Å². The second-order valence-corrected chi connectivity index (χ2v) is 6.19. The summed E-state index contributed by atoms with van der Waals surface area (Å²) >= 11 is 1.65. The lowest BCUT2D eigenvalue weighted by Gasteiger charge is -2.33. The van der Waals surface area contributed by atoms with Crippen molar-refractivity contribution in [3.05, 3.63) is 0 Å². The van der Waals surface area contributed by atoms with E-state index in [4.69, 9.17) is 0 Å². The summed E-state index contributed by atoms with van der Waals surface area (Å²) in [5.41, 5.74) is -0.872. The standard InChI is InChI=1S/C11H21NO3S/c1-3-11(7-13,8-14)12-9(15)10(2)5-4-6-16-10/h13-14H,3-8H2,1-2H3,(H,12,15). The Hall–Kier alpha value is -0.260. The zero-order valence-electron chi connectivity index (χ0n) is 9.95. The number of hydrogen-bond donors (Lipinski definition) is 3. The Morgan fingerprint density at radius 2 is 2.12 bits per heavy atom. The van der Waals surface area contributed by atoms with Gasteiger partial charge in [-0.25, -0.2) is 0 Å². The van der Waals surface area contributed by atoms with Gasteiger partial charge in [-0.2, -0.15) is 0 Å². The molecule has 1 heterocycles. The van der Waals surface area contributed by atoms with Gasteiger partial charge in [0.1, 0.15) is 0 Å². The Morgan fingerprint density at radius 1 is 1.50 bits per heavy atom. The number of hydrogen-bond acceptors (Lipinski definition) is 4. The van der Waals surface area contributed by atoms with E-state index >= 15 is 0 Å². The third-order valence-corrected chi connectivity index (χ3v) is 4.88. The highest BCUT2D eigenvalue weighted by Gasteiger charge is 2.40. The fraction of sp³-hybridized carbons (Fsp3) is 0.909. The zero-order chi connectivity index (χ0) is 12.2. The van der Waals surface area contributed by atoms with Gasteiger partial charge in [-0.05, 0) is 31.9 Å². The van der Waals surface area contributed by atoms with Crippen molar-refractivity contribution in [3.8, 4) is 0 Å². The smallest absolute Gasteiger partial charge is 0.236 e. The Kier molecular flexibility index (Phi) is 4.64. The van der Waals surface area contributed by atoms with E-state index in [-0.39, 0.29) is 19.1 Å². The highest BCUT2D eigenvalue weighted by molar-refractivity contribution is 8.01. The lowest BCUT2D eigenvalue weighted by molar-refractivity contribution is -0.126. The lowest BCUT2D eigenvalue weighted by Crippen LogP contribution is -2.58. The number of rotatable bonds is 5. The maximum Gasteiger partial charge on any atom is 0.236 e. The maximum atomic E-state index is 12.1. The molecule has 3 N–H and O–H groups in total. The van der Waals surface area contributed by atoms with Gasteiger partial charge in [0.15, 0.2) is 0 Å². The van der Waals surface area contributed by atoms with Crippen molar-refractivity contribution in [2.24, 2.45) is 0 Å². The van der Waals surface area contributed by atoms with Crippen LogP contribution in [0.15, 0.2) is 0 Å². The third kappa shape index (κ3) is 2.70. The van der Waals surface area contributed by atoms with Gasteiger partial charge in [-0.1, -0.05) is 6.92 Å². The van der Waals surface area contributed by atoms with Crippen LogP contribution in [0.4, 0.5) is 0 Å². The first-order valence-corrected chi connectivity index (χ1v) is 6.69. The van der Waals surface area contributed by atoms with Crippen LogP contribution < -0.4 is 5.32 Å². The van der Waals surface area contributed by atoms with Gasteiger partial charge in [-0.15, -0.1) is 11.8 Å². The maximum absolute atomic E-state index is 12.1. The number of carbonyl (C=O) groups is 1. The molecular formula is C11H21NO3S. The SMILES string of the molecule is CCC(CO)(CO)NC(=O)C1(C)CCCS1. The molecule has 0 aromatic rings. The van der Waals surface area contributed by atoms with Gasteiger partial charge in [0.25, 0.3) is 0 Å². The molecule has 16 heavy (non-hydrogen) atoms. The number of amides is 1. The molecule has 0 saturated carbocycles. The summed E-state index contributed by atoms with van der Waals surface area (Å²) in [4.78, 5) is 12.1. The summed E-state index contributed by atoms with van der Waals surface area (Å²) in [5.74, 6) is 0.932. The predicted molar refractivity (Wildman–Crippen MR) is 65.4 cm³/mol. The molecule has 5 heteroatoms. The van der Waals surface area contributed by atoms with Gasteiger partial charge in [-0.3, -0.25) is 4.79 Å². The summed E-state index contributed by atoms with van der Waals surface area (Å²) in [6, 6.07) is 0. The summed E-state index contributed by atoms with van der Waals surface area (Å²) in [6.07, 6.45) is 2.43. The molecule has 1 fully saturated rings. The van der Waals surface area contributed by atoms with Crippen LogP contribution >= 0.6 is 11.8 Å². The molecule has 1 amide bonds. The van der Waals surface area contributed by atoms with Crippen molar-refractivity contribution < 1.29 is 15.0 Å². The first kappa shape index (κ1) is 13.8. The van der Waals surface area contributed by atoms with Crippen LogP contribution in [0.25, 0.3) is 0 Å². The first-order chi connectivity index (χ1) is 7.52. The summed E-state index contributed by atoms with van der Waals surface area (Å²) < 4.78 is -0.398. The molecule has 1 aliphatic rings. The molecule has 0 bridgehead atoms. The minimum atomic E-state index is -0.872. The second-order valence-electron chi connectivity index (χ2n) is 4.59. The molecule has 1 aliphatic heterocycles. The first-order valence-electron chi connectivity index (χ1n) is 5.70.